The molecule has 1 aliphatic rings. The Morgan fingerprint density at radius 2 is 2.26 bits per heavy atom. The van der Waals surface area contributed by atoms with Crippen LogP contribution in [0.2, 0.25) is 0 Å². The molecule has 1 fully saturated rings. The molecule has 122 valence electrons. The maximum absolute atomic E-state index is 12.6. The average molecular weight is 331 g/mol. The van der Waals surface area contributed by atoms with Crippen molar-refractivity contribution >= 4 is 17.2 Å². The van der Waals surface area contributed by atoms with Crippen LogP contribution < -0.4 is 5.56 Å². The highest BCUT2D eigenvalue weighted by atomic mass is 32.1. The van der Waals surface area contributed by atoms with Crippen LogP contribution in [0.15, 0.2) is 28.5 Å². The van der Waals surface area contributed by atoms with Crippen molar-refractivity contribution in [1.29, 1.82) is 0 Å². The molecule has 2 aromatic heterocycles. The maximum atomic E-state index is 12.6. The van der Waals surface area contributed by atoms with Gasteiger partial charge in [-0.25, -0.2) is 4.98 Å². The number of nitrogens with zero attached hydrogens (tertiary/aromatic N) is 3. The second-order valence-electron chi connectivity index (χ2n) is 6.21. The fourth-order valence-electron chi connectivity index (χ4n) is 2.75. The largest absolute Gasteiger partial charge is 0.339 e. The molecule has 1 aliphatic carbocycles. The van der Waals surface area contributed by atoms with E-state index in [4.69, 9.17) is 0 Å². The molecule has 5 nitrogen and oxygen atoms in total. The Morgan fingerprint density at radius 3 is 2.87 bits per heavy atom. The van der Waals surface area contributed by atoms with Gasteiger partial charge in [-0.15, -0.1) is 11.3 Å². The van der Waals surface area contributed by atoms with Crippen LogP contribution in [0.1, 0.15) is 40.8 Å². The van der Waals surface area contributed by atoms with Gasteiger partial charge in [0.15, 0.2) is 0 Å². The first-order valence-corrected chi connectivity index (χ1v) is 8.73. The Labute approximate surface area is 139 Å². The standard InChI is InChI=1S/C17H21N3O2S/c1-11(13-6-7-13)19(3)16(21)15-5-4-8-20(17(15)22)9-14-10-23-12(2)18-14/h4-5,8,10-11,13H,6-7,9H2,1-3H3. The Hall–Kier alpha value is -1.95. The zero-order chi connectivity index (χ0) is 16.6. The van der Waals surface area contributed by atoms with Crippen LogP contribution in [-0.2, 0) is 6.54 Å². The lowest BCUT2D eigenvalue weighted by Crippen LogP contribution is -2.40. The Kier molecular flexibility index (Phi) is 4.35. The molecule has 0 saturated heterocycles. The number of aryl methyl sites for hydroxylation is 1. The molecule has 0 radical (unpaired) electrons. The van der Waals surface area contributed by atoms with Gasteiger partial charge in [0.2, 0.25) is 0 Å². The summed E-state index contributed by atoms with van der Waals surface area (Å²) >= 11 is 1.56. The number of rotatable bonds is 5. The molecule has 1 unspecified atom stereocenters. The zero-order valence-electron chi connectivity index (χ0n) is 13.7. The highest BCUT2D eigenvalue weighted by Gasteiger charge is 2.33. The fourth-order valence-corrected chi connectivity index (χ4v) is 3.35. The van der Waals surface area contributed by atoms with E-state index in [0.717, 1.165) is 10.7 Å². The van der Waals surface area contributed by atoms with E-state index in [1.54, 1.807) is 46.2 Å². The summed E-state index contributed by atoms with van der Waals surface area (Å²) in [5, 5.41) is 2.91. The minimum Gasteiger partial charge on any atom is -0.339 e. The molecule has 1 saturated carbocycles. The van der Waals surface area contributed by atoms with Gasteiger partial charge in [0.1, 0.15) is 5.56 Å². The maximum Gasteiger partial charge on any atom is 0.263 e. The quantitative estimate of drug-likeness (QED) is 0.846. The average Bonchev–Trinajstić information content (AvgIpc) is 3.30. The lowest BCUT2D eigenvalue weighted by Gasteiger charge is -2.24. The summed E-state index contributed by atoms with van der Waals surface area (Å²) in [7, 11) is 1.78. The summed E-state index contributed by atoms with van der Waals surface area (Å²) in [6.45, 7) is 4.38. The van der Waals surface area contributed by atoms with Crippen molar-refractivity contribution in [2.24, 2.45) is 5.92 Å². The van der Waals surface area contributed by atoms with E-state index in [2.05, 4.69) is 11.9 Å². The van der Waals surface area contributed by atoms with Crippen LogP contribution in [-0.4, -0.2) is 33.4 Å². The summed E-state index contributed by atoms with van der Waals surface area (Å²) in [6, 6.07) is 3.55. The molecule has 1 atom stereocenters. The predicted molar refractivity (Wildman–Crippen MR) is 90.9 cm³/mol. The monoisotopic (exact) mass is 331 g/mol. The van der Waals surface area contributed by atoms with Gasteiger partial charge in [0.05, 0.1) is 17.2 Å². The number of carbonyl (C=O) groups is 1. The number of carbonyl (C=O) groups excluding carboxylic acids is 1. The minimum absolute atomic E-state index is 0.178. The first-order valence-electron chi connectivity index (χ1n) is 7.85. The van der Waals surface area contributed by atoms with Crippen molar-refractivity contribution in [2.45, 2.75) is 39.3 Å². The molecule has 0 bridgehead atoms. The topological polar surface area (TPSA) is 55.2 Å². The van der Waals surface area contributed by atoms with E-state index in [0.29, 0.717) is 12.5 Å². The lowest BCUT2D eigenvalue weighted by molar-refractivity contribution is 0.0725. The molecule has 2 aromatic rings. The number of hydrogen-bond acceptors (Lipinski definition) is 4. The third-order valence-corrected chi connectivity index (χ3v) is 5.31. The smallest absolute Gasteiger partial charge is 0.263 e. The Morgan fingerprint density at radius 1 is 1.52 bits per heavy atom. The van der Waals surface area contributed by atoms with Crippen molar-refractivity contribution in [3.8, 4) is 0 Å². The number of aromatic nitrogens is 2. The zero-order valence-corrected chi connectivity index (χ0v) is 14.5. The lowest BCUT2D eigenvalue weighted by atomic mass is 10.1. The highest BCUT2D eigenvalue weighted by Crippen LogP contribution is 2.34. The SMILES string of the molecule is Cc1nc(Cn2cccc(C(=O)N(C)C(C)C3CC3)c2=O)cs1. The molecule has 0 aliphatic heterocycles. The molecule has 0 N–H and O–H groups in total. The third kappa shape index (κ3) is 3.37. The highest BCUT2D eigenvalue weighted by molar-refractivity contribution is 7.09. The van der Waals surface area contributed by atoms with Gasteiger partial charge in [-0.05, 0) is 44.7 Å². The number of thiazole rings is 1. The molecule has 1 amide bonds. The molecule has 6 heteroatoms. The van der Waals surface area contributed by atoms with Gasteiger partial charge in [-0.2, -0.15) is 0 Å². The van der Waals surface area contributed by atoms with Gasteiger partial charge >= 0.3 is 0 Å². The minimum atomic E-state index is -0.252. The van der Waals surface area contributed by atoms with Crippen molar-refractivity contribution in [3.05, 3.63) is 50.3 Å². The number of pyridine rings is 1. The summed E-state index contributed by atoms with van der Waals surface area (Å²) in [6.07, 6.45) is 4.04. The summed E-state index contributed by atoms with van der Waals surface area (Å²) in [4.78, 5) is 31.4. The van der Waals surface area contributed by atoms with E-state index in [1.165, 1.54) is 12.8 Å². The Bertz CT molecular complexity index is 776. The number of amides is 1. The van der Waals surface area contributed by atoms with E-state index < -0.39 is 0 Å². The second-order valence-corrected chi connectivity index (χ2v) is 7.27. The van der Waals surface area contributed by atoms with Crippen molar-refractivity contribution < 1.29 is 4.79 Å². The van der Waals surface area contributed by atoms with E-state index in [9.17, 15) is 9.59 Å². The second kappa shape index (κ2) is 6.28. The van der Waals surface area contributed by atoms with Crippen molar-refractivity contribution in [1.82, 2.24) is 14.5 Å². The normalized spacial score (nSPS) is 15.4. The Balaban J connectivity index is 1.84. The van der Waals surface area contributed by atoms with Crippen molar-refractivity contribution in [3.63, 3.8) is 0 Å². The van der Waals surface area contributed by atoms with Crippen LogP contribution in [0.4, 0.5) is 0 Å². The van der Waals surface area contributed by atoms with Crippen LogP contribution in [0, 0.1) is 12.8 Å². The number of hydrogen-bond donors (Lipinski definition) is 0. The predicted octanol–water partition coefficient (Wildman–Crippen LogP) is 2.53. The first-order chi connectivity index (χ1) is 11.0. The first kappa shape index (κ1) is 15.9. The van der Waals surface area contributed by atoms with Gasteiger partial charge in [0.25, 0.3) is 11.5 Å². The molecule has 2 heterocycles. The van der Waals surface area contributed by atoms with Crippen LogP contribution in [0.5, 0.6) is 0 Å². The fraction of sp³-hybridized carbons (Fsp3) is 0.471. The van der Waals surface area contributed by atoms with Crippen molar-refractivity contribution in [2.75, 3.05) is 7.05 Å². The van der Waals surface area contributed by atoms with Gasteiger partial charge in [0, 0.05) is 24.7 Å². The van der Waals surface area contributed by atoms with Gasteiger partial charge in [-0.1, -0.05) is 0 Å². The molecule has 0 aromatic carbocycles. The molecule has 3 rings (SSSR count). The van der Waals surface area contributed by atoms with E-state index >= 15 is 0 Å². The molecule has 0 spiro atoms. The summed E-state index contributed by atoms with van der Waals surface area (Å²) in [5.41, 5.74) is 0.825. The molecular weight excluding hydrogens is 310 g/mol. The molecule has 23 heavy (non-hydrogen) atoms. The van der Waals surface area contributed by atoms with E-state index in [-0.39, 0.29) is 23.1 Å². The third-order valence-electron chi connectivity index (χ3n) is 4.48. The summed E-state index contributed by atoms with van der Waals surface area (Å²) < 4.78 is 1.55. The van der Waals surface area contributed by atoms with Gasteiger partial charge in [-0.3, -0.25) is 9.59 Å². The van der Waals surface area contributed by atoms with Gasteiger partial charge < -0.3 is 9.47 Å². The van der Waals surface area contributed by atoms with E-state index in [1.807, 2.05) is 12.3 Å². The van der Waals surface area contributed by atoms with Crippen LogP contribution in [0.3, 0.4) is 0 Å². The summed E-state index contributed by atoms with van der Waals surface area (Å²) in [5.74, 6) is 0.381. The van der Waals surface area contributed by atoms with Crippen LogP contribution in [0.25, 0.3) is 0 Å². The van der Waals surface area contributed by atoms with Crippen LogP contribution >= 0.6 is 11.3 Å². The molecular formula is C17H21N3O2S.